The third-order valence-electron chi connectivity index (χ3n) is 3.29. The summed E-state index contributed by atoms with van der Waals surface area (Å²) in [6.45, 7) is 9.97. The lowest BCUT2D eigenvalue weighted by molar-refractivity contribution is 0.00533. The average Bonchev–Trinajstić information content (AvgIpc) is 2.32. The fourth-order valence-electron chi connectivity index (χ4n) is 1.56. The van der Waals surface area contributed by atoms with Crippen LogP contribution in [0.1, 0.15) is 41.0 Å². The molecule has 0 saturated heterocycles. The number of primary amides is 1. The van der Waals surface area contributed by atoms with Crippen molar-refractivity contribution in [3.05, 3.63) is 0 Å². The smallest absolute Gasteiger partial charge is 0.407 e. The van der Waals surface area contributed by atoms with E-state index in [1.807, 2.05) is 34.6 Å². The Morgan fingerprint density at radius 2 is 1.74 bits per heavy atom. The molecule has 112 valence electrons. The van der Waals surface area contributed by atoms with Crippen LogP contribution in [0.2, 0.25) is 0 Å². The van der Waals surface area contributed by atoms with Crippen molar-refractivity contribution in [1.29, 1.82) is 0 Å². The first kappa shape index (κ1) is 17.5. The number of carbonyl (C=O) groups is 2. The second-order valence-electron chi connectivity index (χ2n) is 5.45. The molecule has 2 amide bonds. The maximum atomic E-state index is 11.5. The Bertz CT molecular complexity index is 307. The molecule has 0 rings (SSSR count). The van der Waals surface area contributed by atoms with Crippen molar-refractivity contribution in [2.45, 2.75) is 47.1 Å². The zero-order chi connectivity index (χ0) is 15.1. The summed E-state index contributed by atoms with van der Waals surface area (Å²) in [4.78, 5) is 22.2. The molecule has 0 spiro atoms. The Hall–Kier alpha value is -1.46. The number of carbonyl (C=O) groups excluding carboxylic acids is 2. The maximum Gasteiger partial charge on any atom is 0.407 e. The van der Waals surface area contributed by atoms with E-state index < -0.39 is 17.6 Å². The molecule has 0 radical (unpaired) electrons. The van der Waals surface area contributed by atoms with Gasteiger partial charge < -0.3 is 20.5 Å². The Kier molecular flexibility index (Phi) is 7.26. The Morgan fingerprint density at radius 3 is 2.16 bits per heavy atom. The molecule has 0 aliphatic heterocycles. The number of alkyl carbamates (subject to hydrolysis) is 1. The summed E-state index contributed by atoms with van der Waals surface area (Å²) in [5, 5.41) is 2.64. The minimum absolute atomic E-state index is 0.0178. The summed E-state index contributed by atoms with van der Waals surface area (Å²) < 4.78 is 10.1. The second kappa shape index (κ2) is 7.86. The van der Waals surface area contributed by atoms with Crippen LogP contribution in [0, 0.1) is 11.3 Å². The summed E-state index contributed by atoms with van der Waals surface area (Å²) in [6.07, 6.45) is -0.405. The molecular formula is C13H26N2O4. The van der Waals surface area contributed by atoms with Crippen LogP contribution in [0.5, 0.6) is 0 Å². The lowest BCUT2D eigenvalue weighted by Gasteiger charge is -2.33. The SMILES string of the molecule is CCC(C)C(C)(COC(N)=O)COC(=O)NC(C)C. The average molecular weight is 274 g/mol. The molecule has 0 aromatic carbocycles. The molecule has 0 bridgehead atoms. The first-order chi connectivity index (χ1) is 8.71. The van der Waals surface area contributed by atoms with Crippen molar-refractivity contribution >= 4 is 12.2 Å². The molecule has 0 saturated carbocycles. The fourth-order valence-corrected chi connectivity index (χ4v) is 1.56. The van der Waals surface area contributed by atoms with Crippen LogP contribution >= 0.6 is 0 Å². The van der Waals surface area contributed by atoms with Crippen molar-refractivity contribution in [1.82, 2.24) is 5.32 Å². The summed E-state index contributed by atoms with van der Waals surface area (Å²) in [5.74, 6) is 0.221. The van der Waals surface area contributed by atoms with Crippen molar-refractivity contribution in [2.24, 2.45) is 17.1 Å². The molecule has 2 atom stereocenters. The Labute approximate surface area is 115 Å². The van der Waals surface area contributed by atoms with Gasteiger partial charge >= 0.3 is 12.2 Å². The van der Waals surface area contributed by atoms with E-state index in [0.717, 1.165) is 6.42 Å². The molecule has 2 unspecified atom stereocenters. The van der Waals surface area contributed by atoms with Gasteiger partial charge in [-0.2, -0.15) is 0 Å². The van der Waals surface area contributed by atoms with E-state index in [2.05, 4.69) is 5.32 Å². The van der Waals surface area contributed by atoms with Crippen molar-refractivity contribution in [3.8, 4) is 0 Å². The van der Waals surface area contributed by atoms with Crippen molar-refractivity contribution in [2.75, 3.05) is 13.2 Å². The van der Waals surface area contributed by atoms with Gasteiger partial charge in [-0.1, -0.05) is 27.2 Å². The van der Waals surface area contributed by atoms with Crippen LogP contribution in [0.15, 0.2) is 0 Å². The topological polar surface area (TPSA) is 90.7 Å². The highest BCUT2D eigenvalue weighted by Crippen LogP contribution is 2.30. The van der Waals surface area contributed by atoms with Gasteiger partial charge in [-0.25, -0.2) is 9.59 Å². The van der Waals surface area contributed by atoms with E-state index in [4.69, 9.17) is 15.2 Å². The van der Waals surface area contributed by atoms with Gasteiger partial charge in [-0.15, -0.1) is 0 Å². The van der Waals surface area contributed by atoms with E-state index in [0.29, 0.717) is 0 Å². The number of amides is 2. The highest BCUT2D eigenvalue weighted by molar-refractivity contribution is 5.67. The highest BCUT2D eigenvalue weighted by atomic mass is 16.6. The third-order valence-corrected chi connectivity index (χ3v) is 3.29. The van der Waals surface area contributed by atoms with Gasteiger partial charge in [0.25, 0.3) is 0 Å². The molecule has 6 heteroatoms. The summed E-state index contributed by atoms with van der Waals surface area (Å²) in [6, 6.07) is 0.0178. The lowest BCUT2D eigenvalue weighted by atomic mass is 9.78. The predicted molar refractivity (Wildman–Crippen MR) is 72.7 cm³/mol. The zero-order valence-corrected chi connectivity index (χ0v) is 12.5. The van der Waals surface area contributed by atoms with Gasteiger partial charge in [0, 0.05) is 11.5 Å². The quantitative estimate of drug-likeness (QED) is 0.745. The normalized spacial score (nSPS) is 15.5. The summed E-state index contributed by atoms with van der Waals surface area (Å²) in [5.41, 5.74) is 4.54. The predicted octanol–water partition coefficient (Wildman–Crippen LogP) is 2.27. The molecule has 0 aliphatic rings. The van der Waals surface area contributed by atoms with Crippen LogP contribution < -0.4 is 11.1 Å². The Balaban J connectivity index is 4.50. The van der Waals surface area contributed by atoms with E-state index in [9.17, 15) is 9.59 Å². The van der Waals surface area contributed by atoms with Gasteiger partial charge in [0.2, 0.25) is 0 Å². The molecule has 0 heterocycles. The standard InChI is InChI=1S/C13H26N2O4/c1-6-10(4)13(5,7-18-11(14)16)8-19-12(17)15-9(2)3/h9-10H,6-8H2,1-5H3,(H2,14,16)(H,15,17). The molecule has 0 aliphatic carbocycles. The van der Waals surface area contributed by atoms with Crippen LogP contribution in [0.3, 0.4) is 0 Å². The number of nitrogens with two attached hydrogens (primary N) is 1. The van der Waals surface area contributed by atoms with Crippen LogP contribution in [0.25, 0.3) is 0 Å². The van der Waals surface area contributed by atoms with Gasteiger partial charge in [0.1, 0.15) is 13.2 Å². The van der Waals surface area contributed by atoms with E-state index in [1.165, 1.54) is 0 Å². The minimum Gasteiger partial charge on any atom is -0.449 e. The van der Waals surface area contributed by atoms with Gasteiger partial charge in [-0.05, 0) is 19.8 Å². The zero-order valence-electron chi connectivity index (χ0n) is 12.5. The fraction of sp³-hybridized carbons (Fsp3) is 0.846. The maximum absolute atomic E-state index is 11.5. The van der Waals surface area contributed by atoms with E-state index in [1.54, 1.807) is 0 Å². The van der Waals surface area contributed by atoms with Crippen molar-refractivity contribution in [3.63, 3.8) is 0 Å². The monoisotopic (exact) mass is 274 g/mol. The number of hydrogen-bond donors (Lipinski definition) is 2. The molecule has 0 fully saturated rings. The molecular weight excluding hydrogens is 248 g/mol. The van der Waals surface area contributed by atoms with Gasteiger partial charge in [0.05, 0.1) is 0 Å². The summed E-state index contributed by atoms with van der Waals surface area (Å²) >= 11 is 0. The van der Waals surface area contributed by atoms with E-state index >= 15 is 0 Å². The Morgan fingerprint density at radius 1 is 1.21 bits per heavy atom. The van der Waals surface area contributed by atoms with Crippen LogP contribution in [-0.4, -0.2) is 31.4 Å². The lowest BCUT2D eigenvalue weighted by Crippen LogP contribution is -2.40. The molecule has 19 heavy (non-hydrogen) atoms. The van der Waals surface area contributed by atoms with Gasteiger partial charge in [0.15, 0.2) is 0 Å². The van der Waals surface area contributed by atoms with Gasteiger partial charge in [-0.3, -0.25) is 0 Å². The van der Waals surface area contributed by atoms with Crippen molar-refractivity contribution < 1.29 is 19.1 Å². The highest BCUT2D eigenvalue weighted by Gasteiger charge is 2.33. The third kappa shape index (κ3) is 6.88. The molecule has 0 aromatic heterocycles. The second-order valence-corrected chi connectivity index (χ2v) is 5.45. The minimum atomic E-state index is -0.818. The summed E-state index contributed by atoms with van der Waals surface area (Å²) in [7, 11) is 0. The first-order valence-corrected chi connectivity index (χ1v) is 6.56. The largest absolute Gasteiger partial charge is 0.449 e. The van der Waals surface area contributed by atoms with Crippen LogP contribution in [0.4, 0.5) is 9.59 Å². The first-order valence-electron chi connectivity index (χ1n) is 6.56. The molecule has 3 N–H and O–H groups in total. The molecule has 6 nitrogen and oxygen atoms in total. The van der Waals surface area contributed by atoms with Crippen LogP contribution in [-0.2, 0) is 9.47 Å². The number of hydrogen-bond acceptors (Lipinski definition) is 4. The van der Waals surface area contributed by atoms with E-state index in [-0.39, 0.29) is 25.2 Å². The number of nitrogens with one attached hydrogen (secondary N) is 1. The number of ether oxygens (including phenoxy) is 2. The molecule has 0 aromatic rings. The number of rotatable bonds is 7.